The van der Waals surface area contributed by atoms with Crippen molar-refractivity contribution in [1.29, 1.82) is 0 Å². The molecule has 8 atom stereocenters. The summed E-state index contributed by atoms with van der Waals surface area (Å²) in [5.74, 6) is -2.29. The fourth-order valence-corrected chi connectivity index (χ4v) is 7.70. The van der Waals surface area contributed by atoms with Crippen LogP contribution in [0.4, 0.5) is 0 Å². The van der Waals surface area contributed by atoms with E-state index < -0.39 is 34.6 Å². The molecular weight excluding hydrogens is 288 g/mol. The minimum atomic E-state index is -1.15. The highest BCUT2D eigenvalue weighted by atomic mass is 16.5. The molecule has 6 heteroatoms. The smallest absolute Gasteiger partial charge is 0.314 e. The van der Waals surface area contributed by atoms with Gasteiger partial charge in [0.05, 0.1) is 25.0 Å². The molecule has 6 saturated carbocycles. The Morgan fingerprint density at radius 3 is 1.55 bits per heavy atom. The summed E-state index contributed by atoms with van der Waals surface area (Å²) in [5, 5.41) is 0. The molecule has 0 heterocycles. The van der Waals surface area contributed by atoms with Crippen LogP contribution in [-0.4, -0.2) is 37.7 Å². The van der Waals surface area contributed by atoms with Crippen molar-refractivity contribution in [1.82, 2.24) is 0 Å². The van der Waals surface area contributed by atoms with Crippen molar-refractivity contribution in [2.45, 2.75) is 12.8 Å². The largest absolute Gasteiger partial charge is 0.469 e. The van der Waals surface area contributed by atoms with Gasteiger partial charge >= 0.3 is 11.9 Å². The summed E-state index contributed by atoms with van der Waals surface area (Å²) in [6, 6.07) is 0. The van der Waals surface area contributed by atoms with E-state index in [-0.39, 0.29) is 48.1 Å². The summed E-state index contributed by atoms with van der Waals surface area (Å²) in [6.07, 6.45) is 0.576. The van der Waals surface area contributed by atoms with Crippen LogP contribution in [-0.2, 0) is 28.7 Å². The second-order valence-corrected chi connectivity index (χ2v) is 7.39. The third kappa shape index (κ3) is 0.787. The maximum Gasteiger partial charge on any atom is 0.314 e. The Hall–Kier alpha value is -1.72. The van der Waals surface area contributed by atoms with E-state index in [0.717, 1.165) is 0 Å². The van der Waals surface area contributed by atoms with E-state index in [1.54, 1.807) is 0 Å². The number of hydrogen-bond acceptors (Lipinski definition) is 6. The monoisotopic (exact) mass is 304 g/mol. The van der Waals surface area contributed by atoms with Gasteiger partial charge in [-0.3, -0.25) is 19.2 Å². The van der Waals surface area contributed by atoms with Crippen LogP contribution in [0, 0.1) is 46.3 Å². The van der Waals surface area contributed by atoms with Crippen LogP contribution < -0.4 is 0 Å². The average Bonchev–Trinajstić information content (AvgIpc) is 3.25. The molecular formula is C16H16O6. The molecule has 116 valence electrons. The molecule has 0 unspecified atom stereocenters. The minimum Gasteiger partial charge on any atom is -0.469 e. The van der Waals surface area contributed by atoms with Crippen molar-refractivity contribution in [2.24, 2.45) is 46.3 Å². The van der Waals surface area contributed by atoms with Gasteiger partial charge in [0.2, 0.25) is 0 Å². The van der Waals surface area contributed by atoms with Crippen LogP contribution in [0.5, 0.6) is 0 Å². The lowest BCUT2D eigenvalue weighted by Gasteiger charge is -2.50. The molecule has 0 aromatic heterocycles. The number of esters is 2. The first-order valence-electron chi connectivity index (χ1n) is 7.71. The maximum atomic E-state index is 12.8. The highest BCUT2D eigenvalue weighted by Gasteiger charge is 2.99. The van der Waals surface area contributed by atoms with Gasteiger partial charge < -0.3 is 9.47 Å². The number of hydrogen-bond donors (Lipinski definition) is 0. The lowest BCUT2D eigenvalue weighted by Crippen LogP contribution is -2.63. The van der Waals surface area contributed by atoms with Crippen molar-refractivity contribution in [3.63, 3.8) is 0 Å². The third-order valence-electron chi connectivity index (χ3n) is 7.56. The molecule has 6 nitrogen and oxygen atoms in total. The molecule has 6 rings (SSSR count). The van der Waals surface area contributed by atoms with Gasteiger partial charge in [-0.1, -0.05) is 0 Å². The van der Waals surface area contributed by atoms with Crippen LogP contribution in [0.2, 0.25) is 0 Å². The molecule has 0 N–H and O–H groups in total. The second-order valence-electron chi connectivity index (χ2n) is 7.39. The molecule has 0 saturated heterocycles. The molecule has 6 aliphatic rings. The van der Waals surface area contributed by atoms with Gasteiger partial charge in [-0.05, 0) is 23.7 Å². The highest BCUT2D eigenvalue weighted by Crippen LogP contribution is 2.91. The van der Waals surface area contributed by atoms with E-state index in [2.05, 4.69) is 0 Å². The van der Waals surface area contributed by atoms with E-state index in [1.165, 1.54) is 14.2 Å². The van der Waals surface area contributed by atoms with Crippen molar-refractivity contribution in [2.75, 3.05) is 14.2 Å². The Bertz CT molecular complexity index is 624. The zero-order valence-corrected chi connectivity index (χ0v) is 12.3. The van der Waals surface area contributed by atoms with Crippen LogP contribution in [0.1, 0.15) is 12.8 Å². The van der Waals surface area contributed by atoms with Gasteiger partial charge in [-0.15, -0.1) is 0 Å². The Morgan fingerprint density at radius 1 is 0.864 bits per heavy atom. The van der Waals surface area contributed by atoms with E-state index in [1.807, 2.05) is 0 Å². The topological polar surface area (TPSA) is 86.7 Å². The average molecular weight is 304 g/mol. The Kier molecular flexibility index (Phi) is 1.91. The van der Waals surface area contributed by atoms with Crippen molar-refractivity contribution < 1.29 is 28.7 Å². The van der Waals surface area contributed by atoms with E-state index in [4.69, 9.17) is 9.47 Å². The molecule has 0 aliphatic heterocycles. The van der Waals surface area contributed by atoms with Crippen molar-refractivity contribution in [3.8, 4) is 0 Å². The van der Waals surface area contributed by atoms with Gasteiger partial charge in [-0.2, -0.15) is 0 Å². The fourth-order valence-electron chi connectivity index (χ4n) is 7.70. The lowest BCUT2D eigenvalue weighted by atomic mass is 9.49. The molecule has 6 aliphatic carbocycles. The number of carbonyl (C=O) groups is 4. The molecule has 0 spiro atoms. The first-order valence-corrected chi connectivity index (χ1v) is 7.71. The van der Waals surface area contributed by atoms with Crippen molar-refractivity contribution >= 4 is 23.5 Å². The fraction of sp³-hybridized carbons (Fsp3) is 0.750. The standard InChI is InChI=1S/C16H16O6/c1-21-13(19)15-5-3-8(18)12-9(5)10-6(4-7(17)11(10)15)16(12,15)14(20)22-2/h5-6,9-12H,3-4H2,1-2H3/t5-,6+,9+,10-,11+,12-,15-,16-/m1/s1. The molecule has 0 amide bonds. The summed E-state index contributed by atoms with van der Waals surface area (Å²) in [4.78, 5) is 50.5. The maximum absolute atomic E-state index is 12.8. The second kappa shape index (κ2) is 3.29. The van der Waals surface area contributed by atoms with Gasteiger partial charge in [0.1, 0.15) is 11.6 Å². The highest BCUT2D eigenvalue weighted by molar-refractivity contribution is 6.08. The number of ether oxygens (including phenoxy) is 2. The van der Waals surface area contributed by atoms with Gasteiger partial charge in [0.15, 0.2) is 0 Å². The van der Waals surface area contributed by atoms with E-state index in [0.29, 0.717) is 0 Å². The molecule has 22 heavy (non-hydrogen) atoms. The summed E-state index contributed by atoms with van der Waals surface area (Å²) in [6.45, 7) is 0. The summed E-state index contributed by atoms with van der Waals surface area (Å²) in [7, 11) is 2.58. The normalized spacial score (nSPS) is 55.4. The lowest BCUT2D eigenvalue weighted by molar-refractivity contribution is -0.194. The van der Waals surface area contributed by atoms with Gasteiger partial charge in [0, 0.05) is 24.7 Å². The first-order chi connectivity index (χ1) is 10.5. The Balaban J connectivity index is 1.85. The third-order valence-corrected chi connectivity index (χ3v) is 7.56. The molecule has 0 aromatic rings. The molecule has 0 aromatic carbocycles. The number of rotatable bonds is 2. The van der Waals surface area contributed by atoms with Crippen LogP contribution in [0.3, 0.4) is 0 Å². The Morgan fingerprint density at radius 2 is 1.23 bits per heavy atom. The molecule has 0 radical (unpaired) electrons. The minimum absolute atomic E-state index is 0.0212. The number of methoxy groups -OCH3 is 2. The predicted octanol–water partition coefficient (Wildman–Crippen LogP) is -0.0112. The quantitative estimate of drug-likeness (QED) is 0.667. The van der Waals surface area contributed by atoms with E-state index >= 15 is 0 Å². The SMILES string of the molecule is COC(=O)[C@]12[C@@H]3C(=O)C[C@@H]4[C@H]3[C@H]3[C@@H]1CC(=O)[C@@H]3[C@@]42C(=O)OC. The summed E-state index contributed by atoms with van der Waals surface area (Å²) < 4.78 is 10.1. The number of Topliss-reactive ketones (excluding diaryl/α,β-unsaturated/α-hetero) is 2. The van der Waals surface area contributed by atoms with Crippen LogP contribution in [0.25, 0.3) is 0 Å². The number of carbonyl (C=O) groups excluding carboxylic acids is 4. The zero-order valence-electron chi connectivity index (χ0n) is 12.3. The summed E-state index contributed by atoms with van der Waals surface area (Å²) >= 11 is 0. The number of ketones is 2. The van der Waals surface area contributed by atoms with Crippen LogP contribution in [0.15, 0.2) is 0 Å². The summed E-state index contributed by atoms with van der Waals surface area (Å²) in [5.41, 5.74) is -2.30. The van der Waals surface area contributed by atoms with Crippen LogP contribution >= 0.6 is 0 Å². The predicted molar refractivity (Wildman–Crippen MR) is 69.1 cm³/mol. The van der Waals surface area contributed by atoms with Crippen molar-refractivity contribution in [3.05, 3.63) is 0 Å². The Labute approximate surface area is 126 Å². The first kappa shape index (κ1) is 12.8. The van der Waals surface area contributed by atoms with E-state index in [9.17, 15) is 19.2 Å². The molecule has 6 fully saturated rings. The molecule has 8 bridgehead atoms. The van der Waals surface area contributed by atoms with Gasteiger partial charge in [-0.25, -0.2) is 0 Å². The van der Waals surface area contributed by atoms with Gasteiger partial charge in [0.25, 0.3) is 0 Å². The zero-order chi connectivity index (χ0) is 15.6.